The molecule has 2 aromatic heterocycles. The zero-order chi connectivity index (χ0) is 16.9. The predicted molar refractivity (Wildman–Crippen MR) is 95.5 cm³/mol. The number of thiophene rings is 1. The maximum Gasteiger partial charge on any atom is 0.235 e. The maximum absolute atomic E-state index is 12.8. The average Bonchev–Trinajstić information content (AvgIpc) is 3.27. The molecular formula is C18H20N4OS. The van der Waals surface area contributed by atoms with Crippen LogP contribution in [0.4, 0.5) is 0 Å². The molecule has 1 aliphatic carbocycles. The van der Waals surface area contributed by atoms with Crippen LogP contribution in [-0.2, 0) is 10.3 Å². The van der Waals surface area contributed by atoms with E-state index in [1.807, 2.05) is 25.3 Å². The number of amides is 1. The van der Waals surface area contributed by atoms with E-state index >= 15 is 0 Å². The Balaban J connectivity index is 1.78. The van der Waals surface area contributed by atoms with Gasteiger partial charge in [-0.2, -0.15) is 0 Å². The van der Waals surface area contributed by atoms with Crippen LogP contribution >= 0.6 is 11.3 Å². The molecule has 2 N–H and O–H groups in total. The van der Waals surface area contributed by atoms with Crippen molar-refractivity contribution >= 4 is 23.2 Å². The summed E-state index contributed by atoms with van der Waals surface area (Å²) in [4.78, 5) is 24.4. The molecule has 2 aromatic rings. The number of aromatic nitrogens is 1. The van der Waals surface area contributed by atoms with Crippen LogP contribution in [0.5, 0.6) is 0 Å². The van der Waals surface area contributed by atoms with Gasteiger partial charge in [-0.15, -0.1) is 11.3 Å². The van der Waals surface area contributed by atoms with Crippen molar-refractivity contribution in [1.29, 1.82) is 0 Å². The topological polar surface area (TPSA) is 71.6 Å². The van der Waals surface area contributed by atoms with E-state index in [1.54, 1.807) is 24.6 Å². The average molecular weight is 340 g/mol. The Labute approximate surface area is 145 Å². The summed E-state index contributed by atoms with van der Waals surface area (Å²) in [6.45, 7) is 2.05. The smallest absolute Gasteiger partial charge is 0.235 e. The molecule has 3 heterocycles. The van der Waals surface area contributed by atoms with Crippen molar-refractivity contribution in [1.82, 2.24) is 9.88 Å². The molecule has 1 saturated carbocycles. The molecule has 24 heavy (non-hydrogen) atoms. The number of carbonyl (C=O) groups is 1. The molecule has 0 unspecified atom stereocenters. The molecule has 0 bridgehead atoms. The molecule has 0 radical (unpaired) electrons. The Morgan fingerprint density at radius 1 is 1.38 bits per heavy atom. The van der Waals surface area contributed by atoms with Crippen molar-refractivity contribution in [2.45, 2.75) is 25.3 Å². The van der Waals surface area contributed by atoms with Crippen LogP contribution in [0.2, 0.25) is 0 Å². The van der Waals surface area contributed by atoms with Crippen LogP contribution in [0.25, 0.3) is 11.1 Å². The van der Waals surface area contributed by atoms with Crippen molar-refractivity contribution in [3.63, 3.8) is 0 Å². The molecule has 1 fully saturated rings. The number of rotatable bonds is 3. The van der Waals surface area contributed by atoms with Crippen LogP contribution in [0.1, 0.15) is 24.6 Å². The molecule has 4 rings (SSSR count). The summed E-state index contributed by atoms with van der Waals surface area (Å²) in [7, 11) is 1.71. The van der Waals surface area contributed by atoms with Gasteiger partial charge >= 0.3 is 0 Å². The Bertz CT molecular complexity index is 811. The summed E-state index contributed by atoms with van der Waals surface area (Å²) >= 11 is 1.64. The summed E-state index contributed by atoms with van der Waals surface area (Å²) in [6, 6.07) is 6.10. The van der Waals surface area contributed by atoms with Crippen molar-refractivity contribution < 1.29 is 4.79 Å². The van der Waals surface area contributed by atoms with E-state index in [-0.39, 0.29) is 11.8 Å². The standard InChI is InChI=1S/C18H20N4OS/c1-18(14-8-13(10-24-14)12-4-3-7-20-9-12)15(11-5-6-11)16(23)22(2)17(19)21-18/h3-4,7-11,15H,5-6H2,1-2H3,(H2,19,21)/t15-,18+/m0/s1. The summed E-state index contributed by atoms with van der Waals surface area (Å²) < 4.78 is 0. The minimum Gasteiger partial charge on any atom is -0.369 e. The Morgan fingerprint density at radius 3 is 2.83 bits per heavy atom. The molecule has 2 aliphatic rings. The van der Waals surface area contributed by atoms with Gasteiger partial charge in [-0.1, -0.05) is 6.07 Å². The fourth-order valence-corrected chi connectivity index (χ4v) is 4.59. The van der Waals surface area contributed by atoms with E-state index in [2.05, 4.69) is 16.4 Å². The van der Waals surface area contributed by atoms with Crippen molar-refractivity contribution in [2.75, 3.05) is 7.05 Å². The largest absolute Gasteiger partial charge is 0.369 e. The molecule has 2 atom stereocenters. The highest BCUT2D eigenvalue weighted by Gasteiger charge is 2.53. The van der Waals surface area contributed by atoms with Gasteiger partial charge < -0.3 is 5.73 Å². The van der Waals surface area contributed by atoms with Gasteiger partial charge in [0.15, 0.2) is 5.96 Å². The number of hydrogen-bond acceptors (Lipinski definition) is 5. The van der Waals surface area contributed by atoms with Crippen LogP contribution < -0.4 is 5.73 Å². The molecule has 0 aromatic carbocycles. The second-order valence-corrected chi connectivity index (χ2v) is 7.68. The van der Waals surface area contributed by atoms with Crippen molar-refractivity contribution in [3.8, 4) is 11.1 Å². The first kappa shape index (κ1) is 15.3. The number of aliphatic imine (C=N–C) groups is 1. The summed E-state index contributed by atoms with van der Waals surface area (Å²) in [5, 5.41) is 2.11. The van der Waals surface area contributed by atoms with E-state index in [4.69, 9.17) is 10.7 Å². The lowest BCUT2D eigenvalue weighted by molar-refractivity contribution is -0.134. The second-order valence-electron chi connectivity index (χ2n) is 6.77. The highest BCUT2D eigenvalue weighted by Crippen LogP contribution is 2.51. The SMILES string of the molecule is CN1C(=O)[C@H](C2CC2)[C@@](C)(c2cc(-c3cccnc3)cs2)N=C1N. The van der Waals surface area contributed by atoms with Crippen LogP contribution in [0.3, 0.4) is 0 Å². The molecule has 0 saturated heterocycles. The van der Waals surface area contributed by atoms with E-state index in [0.29, 0.717) is 11.9 Å². The first-order valence-corrected chi connectivity index (χ1v) is 9.01. The molecule has 6 heteroatoms. The zero-order valence-corrected chi connectivity index (χ0v) is 14.6. The molecular weight excluding hydrogens is 320 g/mol. The van der Waals surface area contributed by atoms with Gasteiger partial charge in [0.05, 0.1) is 5.92 Å². The van der Waals surface area contributed by atoms with Crippen LogP contribution in [0.15, 0.2) is 41.0 Å². The second kappa shape index (κ2) is 5.41. The van der Waals surface area contributed by atoms with Gasteiger partial charge in [-0.25, -0.2) is 4.99 Å². The lowest BCUT2D eigenvalue weighted by atomic mass is 9.79. The number of carbonyl (C=O) groups excluding carboxylic acids is 1. The van der Waals surface area contributed by atoms with Gasteiger partial charge in [-0.3, -0.25) is 14.7 Å². The van der Waals surface area contributed by atoms with E-state index in [0.717, 1.165) is 28.8 Å². The molecule has 5 nitrogen and oxygen atoms in total. The normalized spacial score (nSPS) is 27.2. The monoisotopic (exact) mass is 340 g/mol. The Hall–Kier alpha value is -2.21. The van der Waals surface area contributed by atoms with Crippen LogP contribution in [0, 0.1) is 11.8 Å². The summed E-state index contributed by atoms with van der Waals surface area (Å²) in [6.07, 6.45) is 5.80. The summed E-state index contributed by atoms with van der Waals surface area (Å²) in [5.74, 6) is 0.667. The number of hydrogen-bond donors (Lipinski definition) is 1. The fraction of sp³-hybridized carbons (Fsp3) is 0.389. The van der Waals surface area contributed by atoms with Crippen molar-refractivity contribution in [3.05, 3.63) is 40.8 Å². The van der Waals surface area contributed by atoms with Crippen LogP contribution in [-0.4, -0.2) is 28.8 Å². The lowest BCUT2D eigenvalue weighted by Crippen LogP contribution is -2.54. The first-order valence-electron chi connectivity index (χ1n) is 8.13. The highest BCUT2D eigenvalue weighted by atomic mass is 32.1. The third-order valence-electron chi connectivity index (χ3n) is 5.08. The highest BCUT2D eigenvalue weighted by molar-refractivity contribution is 7.10. The molecule has 1 amide bonds. The zero-order valence-electron chi connectivity index (χ0n) is 13.8. The lowest BCUT2D eigenvalue weighted by Gasteiger charge is -2.40. The Morgan fingerprint density at radius 2 is 2.17 bits per heavy atom. The third-order valence-corrected chi connectivity index (χ3v) is 6.24. The summed E-state index contributed by atoms with van der Waals surface area (Å²) in [5.41, 5.74) is 7.63. The van der Waals surface area contributed by atoms with Gasteiger partial charge in [0, 0.05) is 29.9 Å². The van der Waals surface area contributed by atoms with E-state index in [9.17, 15) is 4.79 Å². The third kappa shape index (κ3) is 2.33. The minimum absolute atomic E-state index is 0.0869. The predicted octanol–water partition coefficient (Wildman–Crippen LogP) is 2.84. The van der Waals surface area contributed by atoms with E-state index in [1.165, 1.54) is 4.90 Å². The number of pyridine rings is 1. The molecule has 0 spiro atoms. The quantitative estimate of drug-likeness (QED) is 0.934. The number of nitrogens with zero attached hydrogens (tertiary/aromatic N) is 3. The maximum atomic E-state index is 12.8. The van der Waals surface area contributed by atoms with Gasteiger partial charge in [-0.05, 0) is 48.8 Å². The molecule has 124 valence electrons. The van der Waals surface area contributed by atoms with E-state index < -0.39 is 5.54 Å². The van der Waals surface area contributed by atoms with Gasteiger partial charge in [0.2, 0.25) is 5.91 Å². The molecule has 1 aliphatic heterocycles. The first-order chi connectivity index (χ1) is 11.5. The van der Waals surface area contributed by atoms with Gasteiger partial charge in [0.1, 0.15) is 5.54 Å². The van der Waals surface area contributed by atoms with Crippen molar-refractivity contribution in [2.24, 2.45) is 22.6 Å². The fourth-order valence-electron chi connectivity index (χ4n) is 3.53. The number of guanidine groups is 1. The Kier molecular flexibility index (Phi) is 3.46. The minimum atomic E-state index is -0.583. The van der Waals surface area contributed by atoms with Gasteiger partial charge in [0.25, 0.3) is 0 Å². The number of nitrogens with two attached hydrogens (primary N) is 1.